The van der Waals surface area contributed by atoms with Crippen molar-refractivity contribution < 1.29 is 14.3 Å². The maximum Gasteiger partial charge on any atom is 0.287 e. The molecule has 0 aliphatic rings. The minimum atomic E-state index is -0.629. The van der Waals surface area contributed by atoms with Crippen molar-refractivity contribution in [2.24, 2.45) is 0 Å². The van der Waals surface area contributed by atoms with Gasteiger partial charge in [0.05, 0.1) is 12.1 Å². The van der Waals surface area contributed by atoms with Crippen molar-refractivity contribution in [2.75, 3.05) is 6.61 Å². The van der Waals surface area contributed by atoms with Crippen LogP contribution in [0.15, 0.2) is 16.5 Å². The molecule has 15 heavy (non-hydrogen) atoms. The zero-order chi connectivity index (χ0) is 11.5. The number of carbonyl (C=O) groups excluding carboxylic acids is 1. The van der Waals surface area contributed by atoms with E-state index in [1.807, 2.05) is 6.92 Å². The first kappa shape index (κ1) is 11.8. The molecule has 0 bridgehead atoms. The number of hydrogen-bond acceptors (Lipinski definition) is 3. The molecule has 1 rings (SSSR count). The lowest BCUT2D eigenvalue weighted by molar-refractivity contribution is 0.0839. The summed E-state index contributed by atoms with van der Waals surface area (Å²) in [4.78, 5) is 11.6. The maximum atomic E-state index is 11.6. The van der Waals surface area contributed by atoms with Gasteiger partial charge >= 0.3 is 0 Å². The number of aliphatic hydroxyl groups is 1. The summed E-state index contributed by atoms with van der Waals surface area (Å²) in [6.45, 7) is 5.33. The molecule has 1 aromatic rings. The van der Waals surface area contributed by atoms with E-state index in [0.717, 1.165) is 12.2 Å². The first-order valence-corrected chi connectivity index (χ1v) is 5.00. The van der Waals surface area contributed by atoms with Gasteiger partial charge in [0, 0.05) is 6.42 Å². The van der Waals surface area contributed by atoms with Crippen LogP contribution >= 0.6 is 0 Å². The van der Waals surface area contributed by atoms with Crippen molar-refractivity contribution >= 4 is 5.91 Å². The molecule has 0 unspecified atom stereocenters. The molecule has 0 fully saturated rings. The number of amides is 1. The van der Waals surface area contributed by atoms with Crippen LogP contribution in [0.25, 0.3) is 0 Å². The molecule has 4 heteroatoms. The molecule has 0 spiro atoms. The van der Waals surface area contributed by atoms with E-state index in [-0.39, 0.29) is 18.3 Å². The average Bonchev–Trinajstić information content (AvgIpc) is 2.65. The molecule has 4 nitrogen and oxygen atoms in total. The number of rotatable bonds is 4. The number of aryl methyl sites for hydroxylation is 1. The molecule has 0 radical (unpaired) electrons. The van der Waals surface area contributed by atoms with Crippen molar-refractivity contribution in [1.29, 1.82) is 0 Å². The second-order valence-corrected chi connectivity index (χ2v) is 4.12. The van der Waals surface area contributed by atoms with Gasteiger partial charge in [-0.25, -0.2) is 0 Å². The molecule has 0 aliphatic carbocycles. The fourth-order valence-corrected chi connectivity index (χ4v) is 1.10. The van der Waals surface area contributed by atoms with E-state index in [2.05, 4.69) is 5.32 Å². The SMILES string of the molecule is CCc1ccc(C(=O)NC(C)(C)CO)o1. The summed E-state index contributed by atoms with van der Waals surface area (Å²) in [5.41, 5.74) is -0.629. The van der Waals surface area contributed by atoms with Crippen LogP contribution < -0.4 is 5.32 Å². The highest BCUT2D eigenvalue weighted by Gasteiger charge is 2.21. The molecule has 0 aliphatic heterocycles. The van der Waals surface area contributed by atoms with E-state index < -0.39 is 5.54 Å². The molecule has 1 aromatic heterocycles. The summed E-state index contributed by atoms with van der Waals surface area (Å²) < 4.78 is 5.29. The Morgan fingerprint density at radius 1 is 1.53 bits per heavy atom. The monoisotopic (exact) mass is 211 g/mol. The predicted octanol–water partition coefficient (Wildman–Crippen LogP) is 1.34. The van der Waals surface area contributed by atoms with Crippen molar-refractivity contribution in [2.45, 2.75) is 32.7 Å². The van der Waals surface area contributed by atoms with Gasteiger partial charge in [-0.3, -0.25) is 4.79 Å². The topological polar surface area (TPSA) is 62.5 Å². The first-order valence-electron chi connectivity index (χ1n) is 5.00. The van der Waals surface area contributed by atoms with Gasteiger partial charge in [0.15, 0.2) is 5.76 Å². The quantitative estimate of drug-likeness (QED) is 0.790. The van der Waals surface area contributed by atoms with E-state index in [1.54, 1.807) is 26.0 Å². The summed E-state index contributed by atoms with van der Waals surface area (Å²) in [5, 5.41) is 11.7. The van der Waals surface area contributed by atoms with Crippen molar-refractivity contribution in [3.63, 3.8) is 0 Å². The van der Waals surface area contributed by atoms with Crippen LogP contribution in [-0.2, 0) is 6.42 Å². The summed E-state index contributed by atoms with van der Waals surface area (Å²) in [6.07, 6.45) is 0.761. The van der Waals surface area contributed by atoms with E-state index in [4.69, 9.17) is 9.52 Å². The number of nitrogens with one attached hydrogen (secondary N) is 1. The standard InChI is InChI=1S/C11H17NO3/c1-4-8-5-6-9(15-8)10(14)12-11(2,3)7-13/h5-6,13H,4,7H2,1-3H3,(H,12,14). The van der Waals surface area contributed by atoms with Gasteiger partial charge in [0.1, 0.15) is 5.76 Å². The second kappa shape index (κ2) is 4.49. The largest absolute Gasteiger partial charge is 0.456 e. The fourth-order valence-electron chi connectivity index (χ4n) is 1.10. The molecule has 0 atom stereocenters. The van der Waals surface area contributed by atoms with Crippen molar-refractivity contribution in [1.82, 2.24) is 5.32 Å². The Labute approximate surface area is 89.3 Å². The van der Waals surface area contributed by atoms with Crippen LogP contribution in [0.5, 0.6) is 0 Å². The summed E-state index contributed by atoms with van der Waals surface area (Å²) in [7, 11) is 0. The first-order chi connectivity index (χ1) is 6.98. The Hall–Kier alpha value is -1.29. The highest BCUT2D eigenvalue weighted by molar-refractivity contribution is 5.91. The van der Waals surface area contributed by atoms with E-state index >= 15 is 0 Å². The van der Waals surface area contributed by atoms with Crippen LogP contribution in [0.2, 0.25) is 0 Å². The Morgan fingerprint density at radius 2 is 2.20 bits per heavy atom. The fraction of sp³-hybridized carbons (Fsp3) is 0.545. The van der Waals surface area contributed by atoms with Crippen LogP contribution in [-0.4, -0.2) is 23.2 Å². The number of furan rings is 1. The average molecular weight is 211 g/mol. The smallest absolute Gasteiger partial charge is 0.287 e. The van der Waals surface area contributed by atoms with Crippen molar-refractivity contribution in [3.05, 3.63) is 23.7 Å². The third-order valence-corrected chi connectivity index (χ3v) is 2.08. The normalized spacial score (nSPS) is 11.5. The van der Waals surface area contributed by atoms with Gasteiger partial charge in [0.2, 0.25) is 0 Å². The molecule has 0 saturated carbocycles. The summed E-state index contributed by atoms with van der Waals surface area (Å²) in [6, 6.07) is 3.42. The van der Waals surface area contributed by atoms with Gasteiger partial charge in [-0.05, 0) is 26.0 Å². The third kappa shape index (κ3) is 3.09. The van der Waals surface area contributed by atoms with Crippen LogP contribution in [0.1, 0.15) is 37.1 Å². The van der Waals surface area contributed by atoms with E-state index in [9.17, 15) is 4.79 Å². The minimum Gasteiger partial charge on any atom is -0.456 e. The minimum absolute atomic E-state index is 0.111. The van der Waals surface area contributed by atoms with Gasteiger partial charge in [-0.1, -0.05) is 6.92 Å². The molecular weight excluding hydrogens is 194 g/mol. The highest BCUT2D eigenvalue weighted by Crippen LogP contribution is 2.10. The lowest BCUT2D eigenvalue weighted by Gasteiger charge is -2.22. The maximum absolute atomic E-state index is 11.6. The number of aliphatic hydroxyl groups excluding tert-OH is 1. The third-order valence-electron chi connectivity index (χ3n) is 2.08. The van der Waals surface area contributed by atoms with Gasteiger partial charge in [-0.2, -0.15) is 0 Å². The van der Waals surface area contributed by atoms with E-state index in [0.29, 0.717) is 0 Å². The Morgan fingerprint density at radius 3 is 2.67 bits per heavy atom. The molecule has 1 heterocycles. The molecule has 2 N–H and O–H groups in total. The Kier molecular flexibility index (Phi) is 3.52. The van der Waals surface area contributed by atoms with Gasteiger partial charge in [0.25, 0.3) is 5.91 Å². The number of carbonyl (C=O) groups is 1. The van der Waals surface area contributed by atoms with Crippen LogP contribution in [0.3, 0.4) is 0 Å². The molecule has 84 valence electrons. The highest BCUT2D eigenvalue weighted by atomic mass is 16.3. The zero-order valence-electron chi connectivity index (χ0n) is 9.33. The second-order valence-electron chi connectivity index (χ2n) is 4.12. The number of hydrogen-bond donors (Lipinski definition) is 2. The van der Waals surface area contributed by atoms with Crippen molar-refractivity contribution in [3.8, 4) is 0 Å². The van der Waals surface area contributed by atoms with Crippen LogP contribution in [0.4, 0.5) is 0 Å². The molecule has 1 amide bonds. The summed E-state index contributed by atoms with van der Waals surface area (Å²) in [5.74, 6) is 0.768. The van der Waals surface area contributed by atoms with Gasteiger partial charge < -0.3 is 14.8 Å². The summed E-state index contributed by atoms with van der Waals surface area (Å²) >= 11 is 0. The lowest BCUT2D eigenvalue weighted by atomic mass is 10.1. The zero-order valence-corrected chi connectivity index (χ0v) is 9.33. The molecular formula is C11H17NO3. The Bertz CT molecular complexity index is 341. The lowest BCUT2D eigenvalue weighted by Crippen LogP contribution is -2.46. The Balaban J connectivity index is 2.69. The van der Waals surface area contributed by atoms with Crippen LogP contribution in [0, 0.1) is 0 Å². The molecule has 0 saturated heterocycles. The predicted molar refractivity (Wildman–Crippen MR) is 56.7 cm³/mol. The molecule has 0 aromatic carbocycles. The van der Waals surface area contributed by atoms with Gasteiger partial charge in [-0.15, -0.1) is 0 Å². The van der Waals surface area contributed by atoms with E-state index in [1.165, 1.54) is 0 Å².